The Morgan fingerprint density at radius 3 is 2.61 bits per heavy atom. The second-order valence-electron chi connectivity index (χ2n) is 6.45. The van der Waals surface area contributed by atoms with E-state index >= 15 is 0 Å². The molecule has 2 amide bonds. The summed E-state index contributed by atoms with van der Waals surface area (Å²) in [5.41, 5.74) is 1.09. The lowest BCUT2D eigenvalue weighted by molar-refractivity contribution is -0.116. The van der Waals surface area contributed by atoms with Crippen molar-refractivity contribution in [2.75, 3.05) is 18.4 Å². The Morgan fingerprint density at radius 1 is 1.22 bits per heavy atom. The monoisotopic (exact) mass is 317 g/mol. The minimum absolute atomic E-state index is 0.0201. The van der Waals surface area contributed by atoms with Crippen molar-refractivity contribution in [1.29, 1.82) is 0 Å². The Morgan fingerprint density at radius 2 is 1.91 bits per heavy atom. The van der Waals surface area contributed by atoms with Crippen LogP contribution in [0.1, 0.15) is 49.9 Å². The number of piperidine rings is 1. The van der Waals surface area contributed by atoms with Gasteiger partial charge in [-0.05, 0) is 64.3 Å². The first-order chi connectivity index (χ1) is 11.1. The van der Waals surface area contributed by atoms with Gasteiger partial charge in [0.2, 0.25) is 5.91 Å². The lowest BCUT2D eigenvalue weighted by atomic mass is 9.93. The largest absolute Gasteiger partial charge is 0.350 e. The predicted molar refractivity (Wildman–Crippen MR) is 92.5 cm³/mol. The van der Waals surface area contributed by atoms with Crippen LogP contribution in [-0.2, 0) is 4.79 Å². The Bertz CT molecular complexity index is 537. The number of carbonyl (C=O) groups is 2. The summed E-state index contributed by atoms with van der Waals surface area (Å²) >= 11 is 0. The maximum absolute atomic E-state index is 12.2. The summed E-state index contributed by atoms with van der Waals surface area (Å²) in [5.74, 6) is 0.448. The maximum Gasteiger partial charge on any atom is 0.253 e. The number of rotatable bonds is 6. The van der Waals surface area contributed by atoms with Crippen molar-refractivity contribution in [2.45, 2.75) is 45.6 Å². The maximum atomic E-state index is 12.2. The molecule has 3 N–H and O–H groups in total. The van der Waals surface area contributed by atoms with Crippen LogP contribution in [0.15, 0.2) is 24.3 Å². The zero-order valence-corrected chi connectivity index (χ0v) is 14.0. The fourth-order valence-electron chi connectivity index (χ4n) is 2.85. The van der Waals surface area contributed by atoms with Gasteiger partial charge >= 0.3 is 0 Å². The van der Waals surface area contributed by atoms with E-state index in [-0.39, 0.29) is 17.9 Å². The molecular formula is C18H27N3O2. The third-order valence-corrected chi connectivity index (χ3v) is 4.10. The van der Waals surface area contributed by atoms with Gasteiger partial charge in [-0.25, -0.2) is 0 Å². The van der Waals surface area contributed by atoms with Crippen molar-refractivity contribution in [1.82, 2.24) is 10.6 Å². The van der Waals surface area contributed by atoms with E-state index in [1.54, 1.807) is 18.2 Å². The molecule has 0 saturated carbocycles. The zero-order chi connectivity index (χ0) is 16.7. The van der Waals surface area contributed by atoms with Crippen LogP contribution < -0.4 is 16.0 Å². The summed E-state index contributed by atoms with van der Waals surface area (Å²) < 4.78 is 0. The summed E-state index contributed by atoms with van der Waals surface area (Å²) in [6.45, 7) is 5.92. The Labute approximate surface area is 138 Å². The van der Waals surface area contributed by atoms with Gasteiger partial charge in [0.1, 0.15) is 0 Å². The number of amides is 2. The molecule has 2 rings (SSSR count). The number of carbonyl (C=O) groups excluding carboxylic acids is 2. The van der Waals surface area contributed by atoms with Crippen LogP contribution >= 0.6 is 0 Å². The van der Waals surface area contributed by atoms with Crippen molar-refractivity contribution in [3.8, 4) is 0 Å². The Hall–Kier alpha value is -1.88. The summed E-state index contributed by atoms with van der Waals surface area (Å²) in [6, 6.07) is 7.21. The van der Waals surface area contributed by atoms with Gasteiger partial charge in [-0.1, -0.05) is 12.1 Å². The lowest BCUT2D eigenvalue weighted by Crippen LogP contribution is -2.31. The lowest BCUT2D eigenvalue weighted by Gasteiger charge is -2.22. The van der Waals surface area contributed by atoms with Crippen LogP contribution in [0.25, 0.3) is 0 Å². The standard InChI is InChI=1S/C18H27N3O2/c1-13(2)20-18(23)15-5-3-4-6-16(15)21-17(22)8-7-14-9-11-19-12-10-14/h3-6,13-14,19H,7-12H2,1-2H3,(H,20,23)(H,21,22). The second kappa shape index (κ2) is 8.67. The number of benzene rings is 1. The molecule has 1 aliphatic heterocycles. The highest BCUT2D eigenvalue weighted by molar-refractivity contribution is 6.03. The van der Waals surface area contributed by atoms with E-state index in [0.29, 0.717) is 23.6 Å². The summed E-state index contributed by atoms with van der Waals surface area (Å²) in [5, 5.41) is 9.08. The van der Waals surface area contributed by atoms with Gasteiger partial charge in [0, 0.05) is 12.5 Å². The summed E-state index contributed by atoms with van der Waals surface area (Å²) in [4.78, 5) is 24.4. The van der Waals surface area contributed by atoms with E-state index in [1.165, 1.54) is 0 Å². The molecule has 1 heterocycles. The molecule has 1 saturated heterocycles. The smallest absolute Gasteiger partial charge is 0.253 e. The van der Waals surface area contributed by atoms with Crippen LogP contribution in [0.5, 0.6) is 0 Å². The molecule has 23 heavy (non-hydrogen) atoms. The van der Waals surface area contributed by atoms with E-state index in [2.05, 4.69) is 16.0 Å². The van der Waals surface area contributed by atoms with Gasteiger partial charge in [-0.2, -0.15) is 0 Å². The quantitative estimate of drug-likeness (QED) is 0.755. The molecule has 1 aromatic carbocycles. The highest BCUT2D eigenvalue weighted by Crippen LogP contribution is 2.19. The molecule has 126 valence electrons. The SMILES string of the molecule is CC(C)NC(=O)c1ccccc1NC(=O)CCC1CCNCC1. The average molecular weight is 317 g/mol. The van der Waals surface area contributed by atoms with Crippen LogP contribution in [-0.4, -0.2) is 30.9 Å². The van der Waals surface area contributed by atoms with E-state index in [9.17, 15) is 9.59 Å². The van der Waals surface area contributed by atoms with Crippen LogP contribution in [0.4, 0.5) is 5.69 Å². The second-order valence-corrected chi connectivity index (χ2v) is 6.45. The molecule has 0 atom stereocenters. The third-order valence-electron chi connectivity index (χ3n) is 4.10. The molecule has 5 heteroatoms. The molecule has 0 spiro atoms. The first kappa shape index (κ1) is 17.5. The Kier molecular flexibility index (Phi) is 6.59. The first-order valence-corrected chi connectivity index (χ1v) is 8.46. The fraction of sp³-hybridized carbons (Fsp3) is 0.556. The van der Waals surface area contributed by atoms with Crippen molar-refractivity contribution >= 4 is 17.5 Å². The molecule has 1 fully saturated rings. The van der Waals surface area contributed by atoms with Crippen molar-refractivity contribution in [3.63, 3.8) is 0 Å². The van der Waals surface area contributed by atoms with Gasteiger partial charge in [-0.15, -0.1) is 0 Å². The number of anilines is 1. The molecule has 0 aromatic heterocycles. The highest BCUT2D eigenvalue weighted by Gasteiger charge is 2.16. The number of hydrogen-bond donors (Lipinski definition) is 3. The van der Waals surface area contributed by atoms with Crippen LogP contribution in [0.3, 0.4) is 0 Å². The molecule has 5 nitrogen and oxygen atoms in total. The third kappa shape index (κ3) is 5.67. The van der Waals surface area contributed by atoms with Gasteiger partial charge in [0.25, 0.3) is 5.91 Å². The highest BCUT2D eigenvalue weighted by atomic mass is 16.2. The molecule has 1 aliphatic rings. The topological polar surface area (TPSA) is 70.2 Å². The zero-order valence-electron chi connectivity index (χ0n) is 14.0. The van der Waals surface area contributed by atoms with Gasteiger partial charge in [0.15, 0.2) is 0 Å². The Balaban J connectivity index is 1.91. The van der Waals surface area contributed by atoms with Crippen LogP contribution in [0.2, 0.25) is 0 Å². The van der Waals surface area contributed by atoms with Crippen LogP contribution in [0, 0.1) is 5.92 Å². The van der Waals surface area contributed by atoms with Gasteiger partial charge in [-0.3, -0.25) is 9.59 Å². The van der Waals surface area contributed by atoms with E-state index in [1.807, 2.05) is 19.9 Å². The fourth-order valence-corrected chi connectivity index (χ4v) is 2.85. The molecule has 0 aliphatic carbocycles. The van der Waals surface area contributed by atoms with Crippen molar-refractivity contribution < 1.29 is 9.59 Å². The number of para-hydroxylation sites is 1. The van der Waals surface area contributed by atoms with Crippen molar-refractivity contribution in [2.24, 2.45) is 5.92 Å². The molecule has 0 bridgehead atoms. The first-order valence-electron chi connectivity index (χ1n) is 8.46. The number of hydrogen-bond acceptors (Lipinski definition) is 3. The van der Waals surface area contributed by atoms with E-state index < -0.39 is 0 Å². The minimum Gasteiger partial charge on any atom is -0.350 e. The van der Waals surface area contributed by atoms with Gasteiger partial charge in [0.05, 0.1) is 11.3 Å². The van der Waals surface area contributed by atoms with Gasteiger partial charge < -0.3 is 16.0 Å². The molecular weight excluding hydrogens is 290 g/mol. The molecule has 1 aromatic rings. The predicted octanol–water partition coefficient (Wildman–Crippen LogP) is 2.54. The minimum atomic E-state index is -0.158. The average Bonchev–Trinajstić information content (AvgIpc) is 2.54. The summed E-state index contributed by atoms with van der Waals surface area (Å²) in [6.07, 6.45) is 3.69. The van der Waals surface area contributed by atoms with Crippen molar-refractivity contribution in [3.05, 3.63) is 29.8 Å². The summed E-state index contributed by atoms with van der Waals surface area (Å²) in [7, 11) is 0. The normalized spacial score (nSPS) is 15.4. The molecule has 0 radical (unpaired) electrons. The number of nitrogens with one attached hydrogen (secondary N) is 3. The van der Waals surface area contributed by atoms with E-state index in [0.717, 1.165) is 32.4 Å². The van der Waals surface area contributed by atoms with E-state index in [4.69, 9.17) is 0 Å². The molecule has 0 unspecified atom stereocenters.